The fourth-order valence-electron chi connectivity index (χ4n) is 1.24. The Morgan fingerprint density at radius 3 is 3.15 bits per heavy atom. The third-order valence-electron chi connectivity index (χ3n) is 1.90. The molecule has 2 heterocycles. The summed E-state index contributed by atoms with van der Waals surface area (Å²) in [5, 5.41) is 4.48. The molecule has 13 heavy (non-hydrogen) atoms. The zero-order chi connectivity index (χ0) is 9.47. The van der Waals surface area contributed by atoms with E-state index in [9.17, 15) is 0 Å². The van der Waals surface area contributed by atoms with E-state index in [4.69, 9.17) is 0 Å². The molecular weight excluding hydrogens is 248 g/mol. The summed E-state index contributed by atoms with van der Waals surface area (Å²) in [5.41, 5.74) is 1.14. The first kappa shape index (κ1) is 9.34. The first-order valence-corrected chi connectivity index (χ1v) is 5.76. The molecule has 0 aromatic carbocycles. The average Bonchev–Trinajstić information content (AvgIpc) is 2.05. The van der Waals surface area contributed by atoms with E-state index >= 15 is 0 Å². The number of hydrogen-bond donors (Lipinski definition) is 1. The van der Waals surface area contributed by atoms with Gasteiger partial charge in [0.05, 0.1) is 5.69 Å². The Balaban J connectivity index is 2.37. The highest BCUT2D eigenvalue weighted by molar-refractivity contribution is 9.10. The summed E-state index contributed by atoms with van der Waals surface area (Å²) in [6, 6.07) is 2.07. The number of nitrogens with zero attached hydrogens (tertiary/aromatic N) is 1. The second-order valence-electron chi connectivity index (χ2n) is 3.72. The summed E-state index contributed by atoms with van der Waals surface area (Å²) in [7, 11) is 0. The molecule has 1 aromatic heterocycles. The third-order valence-corrected chi connectivity index (χ3v) is 3.54. The number of pyridine rings is 1. The first-order valence-electron chi connectivity index (χ1n) is 4.15. The molecule has 0 bridgehead atoms. The van der Waals surface area contributed by atoms with Gasteiger partial charge in [-0.05, 0) is 35.8 Å². The highest BCUT2D eigenvalue weighted by Crippen LogP contribution is 2.40. The van der Waals surface area contributed by atoms with Crippen LogP contribution in [-0.2, 0) is 0 Å². The van der Waals surface area contributed by atoms with E-state index in [0.29, 0.717) is 0 Å². The number of nitrogens with one attached hydrogen (secondary N) is 1. The van der Waals surface area contributed by atoms with E-state index in [0.717, 1.165) is 21.7 Å². The topological polar surface area (TPSA) is 24.9 Å². The van der Waals surface area contributed by atoms with Gasteiger partial charge in [-0.15, -0.1) is 0 Å². The number of fused-ring (bicyclic) bond motifs is 1. The molecule has 0 radical (unpaired) electrons. The van der Waals surface area contributed by atoms with Crippen LogP contribution in [0, 0.1) is 0 Å². The van der Waals surface area contributed by atoms with Crippen molar-refractivity contribution in [2.45, 2.75) is 23.6 Å². The lowest BCUT2D eigenvalue weighted by Crippen LogP contribution is -2.30. The van der Waals surface area contributed by atoms with Crippen molar-refractivity contribution in [1.82, 2.24) is 4.98 Å². The van der Waals surface area contributed by atoms with Crippen LogP contribution in [0.5, 0.6) is 0 Å². The lowest BCUT2D eigenvalue weighted by Gasteiger charge is -2.30. The predicted molar refractivity (Wildman–Crippen MR) is 60.4 cm³/mol. The van der Waals surface area contributed by atoms with Gasteiger partial charge in [0.15, 0.2) is 0 Å². The Morgan fingerprint density at radius 1 is 1.62 bits per heavy atom. The van der Waals surface area contributed by atoms with Crippen molar-refractivity contribution in [3.05, 3.63) is 16.7 Å². The van der Waals surface area contributed by atoms with Crippen LogP contribution < -0.4 is 5.32 Å². The zero-order valence-corrected chi connectivity index (χ0v) is 10.00. The number of thioether (sulfide) groups is 1. The Morgan fingerprint density at radius 2 is 2.38 bits per heavy atom. The molecule has 1 aliphatic heterocycles. The van der Waals surface area contributed by atoms with Crippen LogP contribution in [0.1, 0.15) is 13.8 Å². The second kappa shape index (κ2) is 3.17. The van der Waals surface area contributed by atoms with Gasteiger partial charge < -0.3 is 5.32 Å². The quantitative estimate of drug-likeness (QED) is 0.774. The molecule has 0 saturated carbocycles. The summed E-state index contributed by atoms with van der Waals surface area (Å²) in [4.78, 5) is 4.37. The number of rotatable bonds is 0. The molecule has 0 atom stereocenters. The molecule has 0 saturated heterocycles. The molecule has 0 spiro atoms. The highest BCUT2D eigenvalue weighted by atomic mass is 79.9. The minimum atomic E-state index is 0.244. The number of anilines is 1. The molecule has 2 rings (SSSR count). The molecule has 4 heteroatoms. The summed E-state index contributed by atoms with van der Waals surface area (Å²) in [5.74, 6) is 0. The van der Waals surface area contributed by atoms with Gasteiger partial charge in [-0.1, -0.05) is 11.8 Å². The summed E-state index contributed by atoms with van der Waals surface area (Å²) in [6.07, 6.45) is 1.84. The van der Waals surface area contributed by atoms with Crippen LogP contribution in [0.2, 0.25) is 0 Å². The van der Waals surface area contributed by atoms with E-state index in [1.807, 2.05) is 18.0 Å². The van der Waals surface area contributed by atoms with E-state index in [1.54, 1.807) is 0 Å². The molecule has 2 nitrogen and oxygen atoms in total. The smallest absolute Gasteiger partial charge is 0.120 e. The first-order chi connectivity index (χ1) is 6.07. The Labute approximate surface area is 90.6 Å². The van der Waals surface area contributed by atoms with Crippen LogP contribution in [0.15, 0.2) is 21.8 Å². The molecule has 0 fully saturated rings. The van der Waals surface area contributed by atoms with Gasteiger partial charge in [-0.3, -0.25) is 0 Å². The largest absolute Gasteiger partial charge is 0.381 e. The molecule has 0 aliphatic carbocycles. The predicted octanol–water partition coefficient (Wildman–Crippen LogP) is 3.14. The summed E-state index contributed by atoms with van der Waals surface area (Å²) < 4.78 is 1.27. The Hall–Kier alpha value is -0.220. The maximum atomic E-state index is 4.37. The Kier molecular flexibility index (Phi) is 2.28. The van der Waals surface area contributed by atoms with Crippen LogP contribution in [0.3, 0.4) is 0 Å². The van der Waals surface area contributed by atoms with E-state index in [2.05, 4.69) is 46.1 Å². The van der Waals surface area contributed by atoms with Crippen LogP contribution in [0.25, 0.3) is 0 Å². The van der Waals surface area contributed by atoms with Gasteiger partial charge in [-0.25, -0.2) is 4.98 Å². The van der Waals surface area contributed by atoms with Crippen molar-refractivity contribution < 1.29 is 0 Å². The molecule has 0 amide bonds. The minimum Gasteiger partial charge on any atom is -0.381 e. The summed E-state index contributed by atoms with van der Waals surface area (Å²) >= 11 is 5.24. The van der Waals surface area contributed by atoms with Gasteiger partial charge in [-0.2, -0.15) is 0 Å². The Bertz CT molecular complexity index is 338. The minimum absolute atomic E-state index is 0.244. The van der Waals surface area contributed by atoms with Gasteiger partial charge >= 0.3 is 0 Å². The zero-order valence-electron chi connectivity index (χ0n) is 7.60. The lowest BCUT2D eigenvalue weighted by atomic mass is 10.2. The highest BCUT2D eigenvalue weighted by Gasteiger charge is 2.26. The monoisotopic (exact) mass is 258 g/mol. The second-order valence-corrected chi connectivity index (χ2v) is 6.33. The fourth-order valence-corrected chi connectivity index (χ4v) is 2.59. The standard InChI is InChI=1S/C9H11BrN2S/c1-9(2)5-12-7-3-6(10)4-11-8(7)13-9/h3-4,12H,5H2,1-2H3. The van der Waals surface area contributed by atoms with Crippen molar-refractivity contribution in [2.75, 3.05) is 11.9 Å². The van der Waals surface area contributed by atoms with Crippen LogP contribution >= 0.6 is 27.7 Å². The van der Waals surface area contributed by atoms with Gasteiger partial charge in [0, 0.05) is 22.0 Å². The normalized spacial score (nSPS) is 19.0. The van der Waals surface area contributed by atoms with E-state index < -0.39 is 0 Å². The molecule has 1 aliphatic rings. The molecule has 1 aromatic rings. The van der Waals surface area contributed by atoms with Crippen molar-refractivity contribution in [3.63, 3.8) is 0 Å². The maximum Gasteiger partial charge on any atom is 0.120 e. The van der Waals surface area contributed by atoms with E-state index in [-0.39, 0.29) is 4.75 Å². The van der Waals surface area contributed by atoms with Gasteiger partial charge in [0.2, 0.25) is 0 Å². The molecule has 0 unspecified atom stereocenters. The van der Waals surface area contributed by atoms with Gasteiger partial charge in [0.1, 0.15) is 5.03 Å². The molecular formula is C9H11BrN2S. The molecule has 70 valence electrons. The number of hydrogen-bond acceptors (Lipinski definition) is 3. The number of halogens is 1. The van der Waals surface area contributed by atoms with Gasteiger partial charge in [0.25, 0.3) is 0 Å². The van der Waals surface area contributed by atoms with Crippen molar-refractivity contribution in [3.8, 4) is 0 Å². The van der Waals surface area contributed by atoms with Crippen molar-refractivity contribution in [2.24, 2.45) is 0 Å². The van der Waals surface area contributed by atoms with Crippen molar-refractivity contribution >= 4 is 33.4 Å². The summed E-state index contributed by atoms with van der Waals surface area (Å²) in [6.45, 7) is 5.43. The van der Waals surface area contributed by atoms with Crippen molar-refractivity contribution in [1.29, 1.82) is 0 Å². The average molecular weight is 259 g/mol. The van der Waals surface area contributed by atoms with Crippen LogP contribution in [0.4, 0.5) is 5.69 Å². The number of aromatic nitrogens is 1. The maximum absolute atomic E-state index is 4.37. The van der Waals surface area contributed by atoms with Crippen LogP contribution in [-0.4, -0.2) is 16.3 Å². The fraction of sp³-hybridized carbons (Fsp3) is 0.444. The van der Waals surface area contributed by atoms with E-state index in [1.165, 1.54) is 0 Å². The lowest BCUT2D eigenvalue weighted by molar-refractivity contribution is 0.733. The molecule has 1 N–H and O–H groups in total. The third kappa shape index (κ3) is 1.99. The SMILES string of the molecule is CC1(C)CNc2cc(Br)cnc2S1.